The van der Waals surface area contributed by atoms with Crippen molar-refractivity contribution in [2.24, 2.45) is 0 Å². The number of hydrogen-bond acceptors (Lipinski definition) is 4. The Morgan fingerprint density at radius 2 is 2.18 bits per heavy atom. The van der Waals surface area contributed by atoms with Crippen molar-refractivity contribution in [1.29, 1.82) is 0 Å². The van der Waals surface area contributed by atoms with Crippen LogP contribution in [0.1, 0.15) is 20.3 Å². The lowest BCUT2D eigenvalue weighted by Gasteiger charge is -2.07. The molecule has 0 spiro atoms. The topological polar surface area (TPSA) is 81.5 Å². The Balaban J connectivity index is 3.01. The van der Waals surface area contributed by atoms with Crippen molar-refractivity contribution in [3.63, 3.8) is 0 Å². The molecule has 92 valence electrons. The molecule has 0 saturated heterocycles. The van der Waals surface area contributed by atoms with Crippen LogP contribution in [0.5, 0.6) is 5.75 Å². The van der Waals surface area contributed by atoms with Crippen LogP contribution < -0.4 is 10.1 Å². The Morgan fingerprint density at radius 3 is 2.71 bits per heavy atom. The summed E-state index contributed by atoms with van der Waals surface area (Å²) in [5.74, 6) is 0.00968. The van der Waals surface area contributed by atoms with Gasteiger partial charge in [-0.05, 0) is 19.1 Å². The van der Waals surface area contributed by atoms with Gasteiger partial charge in [0, 0.05) is 18.2 Å². The van der Waals surface area contributed by atoms with E-state index in [1.165, 1.54) is 12.1 Å². The first-order chi connectivity index (χ1) is 8.08. The summed E-state index contributed by atoms with van der Waals surface area (Å²) in [6.07, 6.45) is 0.320. The largest absolute Gasteiger partial charge is 0.487 e. The molecule has 1 amide bonds. The van der Waals surface area contributed by atoms with E-state index >= 15 is 0 Å². The van der Waals surface area contributed by atoms with Crippen LogP contribution in [-0.4, -0.2) is 17.4 Å². The van der Waals surface area contributed by atoms with Crippen LogP contribution in [0.3, 0.4) is 0 Å². The standard InChI is InChI=1S/C11H14N2O4/c1-3-11(14)12-8-5-6-10(17-4-2)9(7-8)13(15)16/h5-7H,3-4H2,1-2H3,(H,12,14). The second-order valence-corrected chi connectivity index (χ2v) is 3.27. The van der Waals surface area contributed by atoms with Gasteiger partial charge in [0.2, 0.25) is 5.91 Å². The highest BCUT2D eigenvalue weighted by molar-refractivity contribution is 5.91. The molecular weight excluding hydrogens is 224 g/mol. The van der Waals surface area contributed by atoms with E-state index in [0.29, 0.717) is 18.7 Å². The van der Waals surface area contributed by atoms with Gasteiger partial charge in [-0.3, -0.25) is 14.9 Å². The summed E-state index contributed by atoms with van der Waals surface area (Å²) in [6.45, 7) is 3.80. The number of rotatable bonds is 5. The molecule has 0 fully saturated rings. The van der Waals surface area contributed by atoms with Crippen LogP contribution in [0.25, 0.3) is 0 Å². The number of carbonyl (C=O) groups is 1. The highest BCUT2D eigenvalue weighted by Crippen LogP contribution is 2.30. The van der Waals surface area contributed by atoms with E-state index in [1.54, 1.807) is 19.9 Å². The highest BCUT2D eigenvalue weighted by atomic mass is 16.6. The monoisotopic (exact) mass is 238 g/mol. The minimum absolute atomic E-state index is 0.152. The van der Waals surface area contributed by atoms with Gasteiger partial charge < -0.3 is 10.1 Å². The Labute approximate surface area is 98.7 Å². The average molecular weight is 238 g/mol. The molecule has 0 bridgehead atoms. The SMILES string of the molecule is CCOc1ccc(NC(=O)CC)cc1[N+](=O)[O-]. The van der Waals surface area contributed by atoms with Crippen molar-refractivity contribution in [1.82, 2.24) is 0 Å². The smallest absolute Gasteiger partial charge is 0.312 e. The molecule has 0 aliphatic carbocycles. The molecule has 0 radical (unpaired) electrons. The van der Waals surface area contributed by atoms with E-state index in [9.17, 15) is 14.9 Å². The summed E-state index contributed by atoms with van der Waals surface area (Å²) in [6, 6.07) is 4.34. The first-order valence-corrected chi connectivity index (χ1v) is 5.29. The Hall–Kier alpha value is -2.11. The Kier molecular flexibility index (Phi) is 4.45. The molecule has 0 saturated carbocycles. The van der Waals surface area contributed by atoms with Gasteiger partial charge in [-0.1, -0.05) is 6.92 Å². The fourth-order valence-electron chi connectivity index (χ4n) is 1.26. The number of ether oxygens (including phenoxy) is 1. The van der Waals surface area contributed by atoms with Crippen LogP contribution >= 0.6 is 0 Å². The number of anilines is 1. The third-order valence-electron chi connectivity index (χ3n) is 2.06. The maximum absolute atomic E-state index is 11.2. The zero-order valence-corrected chi connectivity index (χ0v) is 9.73. The zero-order chi connectivity index (χ0) is 12.8. The fraction of sp³-hybridized carbons (Fsp3) is 0.364. The molecule has 0 atom stereocenters. The normalized spacial score (nSPS) is 9.76. The van der Waals surface area contributed by atoms with Crippen molar-refractivity contribution in [2.75, 3.05) is 11.9 Å². The summed E-state index contributed by atoms with van der Waals surface area (Å²) in [5, 5.41) is 13.4. The molecule has 0 aliphatic heterocycles. The van der Waals surface area contributed by atoms with Crippen LogP contribution in [0, 0.1) is 10.1 Å². The number of nitro benzene ring substituents is 1. The second kappa shape index (κ2) is 5.83. The number of nitrogens with zero attached hydrogens (tertiary/aromatic N) is 1. The zero-order valence-electron chi connectivity index (χ0n) is 9.73. The number of nitro groups is 1. The lowest BCUT2D eigenvalue weighted by atomic mass is 10.2. The molecule has 0 heterocycles. The number of nitrogens with one attached hydrogen (secondary N) is 1. The van der Waals surface area contributed by atoms with Gasteiger partial charge in [0.25, 0.3) is 0 Å². The van der Waals surface area contributed by atoms with Crippen LogP contribution in [0.2, 0.25) is 0 Å². The molecule has 6 nitrogen and oxygen atoms in total. The van der Waals surface area contributed by atoms with E-state index in [0.717, 1.165) is 0 Å². The predicted molar refractivity (Wildman–Crippen MR) is 63.2 cm³/mol. The van der Waals surface area contributed by atoms with E-state index in [-0.39, 0.29) is 17.3 Å². The van der Waals surface area contributed by atoms with Gasteiger partial charge in [0.15, 0.2) is 5.75 Å². The molecule has 0 unspecified atom stereocenters. The third kappa shape index (κ3) is 3.44. The van der Waals surface area contributed by atoms with Gasteiger partial charge in [0.1, 0.15) is 0 Å². The van der Waals surface area contributed by atoms with Gasteiger partial charge in [0.05, 0.1) is 11.5 Å². The molecule has 0 aliphatic rings. The first kappa shape index (κ1) is 13.0. The first-order valence-electron chi connectivity index (χ1n) is 5.29. The van der Waals surface area contributed by atoms with Crippen molar-refractivity contribution in [2.45, 2.75) is 20.3 Å². The van der Waals surface area contributed by atoms with Gasteiger partial charge >= 0.3 is 5.69 Å². The van der Waals surface area contributed by atoms with E-state index in [1.807, 2.05) is 0 Å². The number of carbonyl (C=O) groups excluding carboxylic acids is 1. The van der Waals surface area contributed by atoms with Gasteiger partial charge in [-0.15, -0.1) is 0 Å². The molecule has 1 aromatic rings. The van der Waals surface area contributed by atoms with Crippen LogP contribution in [0.15, 0.2) is 18.2 Å². The summed E-state index contributed by atoms with van der Waals surface area (Å²) in [5.41, 5.74) is 0.243. The summed E-state index contributed by atoms with van der Waals surface area (Å²) in [4.78, 5) is 21.4. The quantitative estimate of drug-likeness (QED) is 0.630. The van der Waals surface area contributed by atoms with E-state index in [2.05, 4.69) is 5.32 Å². The highest BCUT2D eigenvalue weighted by Gasteiger charge is 2.16. The molecule has 1 rings (SSSR count). The van der Waals surface area contributed by atoms with Crippen LogP contribution in [0.4, 0.5) is 11.4 Å². The molecular formula is C11H14N2O4. The second-order valence-electron chi connectivity index (χ2n) is 3.27. The lowest BCUT2D eigenvalue weighted by Crippen LogP contribution is -2.09. The summed E-state index contributed by atoms with van der Waals surface area (Å²) in [7, 11) is 0. The van der Waals surface area contributed by atoms with Crippen molar-refractivity contribution in [3.05, 3.63) is 28.3 Å². The van der Waals surface area contributed by atoms with E-state index in [4.69, 9.17) is 4.74 Å². The minimum atomic E-state index is -0.535. The molecule has 6 heteroatoms. The fourth-order valence-corrected chi connectivity index (χ4v) is 1.26. The van der Waals surface area contributed by atoms with Crippen molar-refractivity contribution < 1.29 is 14.5 Å². The number of amides is 1. The van der Waals surface area contributed by atoms with Crippen molar-refractivity contribution in [3.8, 4) is 5.75 Å². The summed E-state index contributed by atoms with van der Waals surface area (Å²) >= 11 is 0. The Bertz CT molecular complexity index is 431. The average Bonchev–Trinajstić information content (AvgIpc) is 2.31. The van der Waals surface area contributed by atoms with E-state index < -0.39 is 4.92 Å². The third-order valence-corrected chi connectivity index (χ3v) is 2.06. The molecule has 0 aromatic heterocycles. The molecule has 17 heavy (non-hydrogen) atoms. The molecule has 1 aromatic carbocycles. The van der Waals surface area contributed by atoms with Crippen molar-refractivity contribution >= 4 is 17.3 Å². The van der Waals surface area contributed by atoms with Gasteiger partial charge in [-0.2, -0.15) is 0 Å². The number of benzene rings is 1. The van der Waals surface area contributed by atoms with Crippen LogP contribution in [-0.2, 0) is 4.79 Å². The molecule has 1 N–H and O–H groups in total. The Morgan fingerprint density at radius 1 is 1.47 bits per heavy atom. The lowest BCUT2D eigenvalue weighted by molar-refractivity contribution is -0.385. The minimum Gasteiger partial charge on any atom is -0.487 e. The predicted octanol–water partition coefficient (Wildman–Crippen LogP) is 2.34. The number of hydrogen-bond donors (Lipinski definition) is 1. The van der Waals surface area contributed by atoms with Gasteiger partial charge in [-0.25, -0.2) is 0 Å². The summed E-state index contributed by atoms with van der Waals surface area (Å²) < 4.78 is 5.13. The maximum atomic E-state index is 11.2. The maximum Gasteiger partial charge on any atom is 0.312 e.